The summed E-state index contributed by atoms with van der Waals surface area (Å²) in [6, 6.07) is 13.0. The number of carbonyl (C=O) groups is 1. The van der Waals surface area contributed by atoms with Crippen LogP contribution >= 0.6 is 0 Å². The van der Waals surface area contributed by atoms with Gasteiger partial charge in [-0.25, -0.2) is 4.68 Å². The van der Waals surface area contributed by atoms with Crippen molar-refractivity contribution in [3.8, 4) is 5.69 Å². The third kappa shape index (κ3) is 3.20. The molecule has 1 amide bonds. The fraction of sp³-hybridized carbons (Fsp3) is 0.158. The van der Waals surface area contributed by atoms with Gasteiger partial charge in [0.25, 0.3) is 11.6 Å². The average molecular weight is 396 g/mol. The summed E-state index contributed by atoms with van der Waals surface area (Å²) in [6.45, 7) is 1.95. The first-order chi connectivity index (χ1) is 13.4. The number of amides is 1. The maximum absolute atomic E-state index is 12.7. The quantitative estimate of drug-likeness (QED) is 0.539. The molecule has 0 fully saturated rings. The lowest BCUT2D eigenvalue weighted by atomic mass is 10.2. The van der Waals surface area contributed by atoms with Crippen LogP contribution in [0.15, 0.2) is 48.5 Å². The van der Waals surface area contributed by atoms with Crippen molar-refractivity contribution in [1.29, 1.82) is 0 Å². The van der Waals surface area contributed by atoms with Crippen molar-refractivity contribution in [1.82, 2.24) is 9.78 Å². The molecule has 0 bridgehead atoms. The number of anilines is 1. The van der Waals surface area contributed by atoms with Crippen LogP contribution in [0.5, 0.6) is 0 Å². The number of para-hydroxylation sites is 1. The van der Waals surface area contributed by atoms with E-state index < -0.39 is 21.6 Å². The minimum absolute atomic E-state index is 0.0854. The number of nitro benzene ring substituents is 1. The maximum Gasteiger partial charge on any atom is 0.269 e. The van der Waals surface area contributed by atoms with Crippen LogP contribution in [0.4, 0.5) is 11.5 Å². The predicted molar refractivity (Wildman–Crippen MR) is 105 cm³/mol. The molecule has 0 aliphatic carbocycles. The van der Waals surface area contributed by atoms with Gasteiger partial charge in [-0.15, -0.1) is 0 Å². The molecule has 0 radical (unpaired) electrons. The van der Waals surface area contributed by atoms with Crippen molar-refractivity contribution in [2.24, 2.45) is 0 Å². The van der Waals surface area contributed by atoms with Crippen molar-refractivity contribution < 1.29 is 13.9 Å². The molecule has 0 unspecified atom stereocenters. The third-order valence-corrected chi connectivity index (χ3v) is 5.79. The summed E-state index contributed by atoms with van der Waals surface area (Å²) in [5, 5.41) is 18.2. The van der Waals surface area contributed by atoms with E-state index in [1.807, 2.05) is 31.2 Å². The second-order valence-corrected chi connectivity index (χ2v) is 7.92. The number of hydrogen-bond donors (Lipinski definition) is 1. The van der Waals surface area contributed by atoms with Gasteiger partial charge >= 0.3 is 0 Å². The minimum Gasteiger partial charge on any atom is -0.306 e. The zero-order valence-electron chi connectivity index (χ0n) is 14.9. The molecule has 1 atom stereocenters. The molecule has 1 aliphatic rings. The smallest absolute Gasteiger partial charge is 0.269 e. The molecule has 0 spiro atoms. The molecule has 4 rings (SSSR count). The SMILES string of the molecule is Cc1ccccc1-n1nc2c(c1NC(=O)c1ccc([N+](=O)[O-])cc1)C[S@](=O)C2. The summed E-state index contributed by atoms with van der Waals surface area (Å²) in [4.78, 5) is 23.0. The van der Waals surface area contributed by atoms with E-state index in [0.717, 1.165) is 16.8 Å². The Labute approximate surface area is 162 Å². The maximum atomic E-state index is 12.7. The molecule has 142 valence electrons. The molecule has 1 aliphatic heterocycles. The average Bonchev–Trinajstić information content (AvgIpc) is 3.19. The highest BCUT2D eigenvalue weighted by molar-refractivity contribution is 7.83. The summed E-state index contributed by atoms with van der Waals surface area (Å²) >= 11 is 0. The second kappa shape index (κ2) is 7.01. The van der Waals surface area contributed by atoms with Crippen LogP contribution in [-0.2, 0) is 22.3 Å². The van der Waals surface area contributed by atoms with Crippen LogP contribution in [-0.4, -0.2) is 24.8 Å². The molecule has 1 N–H and O–H groups in total. The number of fused-ring (bicyclic) bond motifs is 1. The summed E-state index contributed by atoms with van der Waals surface area (Å²) in [5.74, 6) is 0.759. The normalized spacial score (nSPS) is 15.2. The van der Waals surface area contributed by atoms with E-state index in [4.69, 9.17) is 0 Å². The fourth-order valence-electron chi connectivity index (χ4n) is 3.15. The van der Waals surface area contributed by atoms with Gasteiger partial charge in [0.05, 0.1) is 27.8 Å². The van der Waals surface area contributed by atoms with Gasteiger partial charge in [0.2, 0.25) is 0 Å². The summed E-state index contributed by atoms with van der Waals surface area (Å²) in [6.07, 6.45) is 0. The van der Waals surface area contributed by atoms with Crippen molar-refractivity contribution in [3.05, 3.63) is 81.0 Å². The number of nitro groups is 1. The van der Waals surface area contributed by atoms with E-state index in [1.54, 1.807) is 4.68 Å². The Morgan fingerprint density at radius 3 is 2.57 bits per heavy atom. The standard InChI is InChI=1S/C19H16N4O4S/c1-12-4-2-3-5-17(12)22-18(15-10-28(27)11-16(15)21-22)20-19(24)13-6-8-14(9-7-13)23(25)26/h2-9H,10-11H2,1H3,(H,20,24)/t28-/m0/s1. The van der Waals surface area contributed by atoms with E-state index in [9.17, 15) is 19.1 Å². The van der Waals surface area contributed by atoms with Crippen molar-refractivity contribution in [2.45, 2.75) is 18.4 Å². The minimum atomic E-state index is -1.04. The second-order valence-electron chi connectivity index (χ2n) is 6.46. The number of aryl methyl sites for hydroxylation is 1. The Balaban J connectivity index is 1.72. The van der Waals surface area contributed by atoms with E-state index in [-0.39, 0.29) is 11.3 Å². The number of hydrogen-bond acceptors (Lipinski definition) is 5. The van der Waals surface area contributed by atoms with E-state index >= 15 is 0 Å². The molecule has 1 aromatic heterocycles. The first-order valence-corrected chi connectivity index (χ1v) is 10.0. The summed E-state index contributed by atoms with van der Waals surface area (Å²) < 4.78 is 13.6. The summed E-state index contributed by atoms with van der Waals surface area (Å²) in [5.41, 5.74) is 3.48. The van der Waals surface area contributed by atoms with Gasteiger partial charge in [-0.05, 0) is 30.7 Å². The third-order valence-electron chi connectivity index (χ3n) is 4.59. The number of carbonyl (C=O) groups excluding carboxylic acids is 1. The lowest BCUT2D eigenvalue weighted by molar-refractivity contribution is -0.384. The Kier molecular flexibility index (Phi) is 4.52. The number of benzene rings is 2. The number of aromatic nitrogens is 2. The number of nitrogens with zero attached hydrogens (tertiary/aromatic N) is 3. The van der Waals surface area contributed by atoms with E-state index in [1.165, 1.54) is 24.3 Å². The van der Waals surface area contributed by atoms with Gasteiger partial charge in [0, 0.05) is 34.1 Å². The van der Waals surface area contributed by atoms with Gasteiger partial charge in [0.15, 0.2) is 0 Å². The van der Waals surface area contributed by atoms with E-state index in [2.05, 4.69) is 10.4 Å². The number of rotatable bonds is 4. The predicted octanol–water partition coefficient (Wildman–Crippen LogP) is 3.10. The topological polar surface area (TPSA) is 107 Å². The molecule has 2 aromatic carbocycles. The molecular weight excluding hydrogens is 380 g/mol. The molecule has 3 aromatic rings. The van der Waals surface area contributed by atoms with Gasteiger partial charge in [0.1, 0.15) is 5.82 Å². The Bertz CT molecular complexity index is 1120. The molecule has 2 heterocycles. The van der Waals surface area contributed by atoms with Crippen LogP contribution < -0.4 is 5.32 Å². The lowest BCUT2D eigenvalue weighted by Crippen LogP contribution is -2.17. The molecule has 8 nitrogen and oxygen atoms in total. The lowest BCUT2D eigenvalue weighted by Gasteiger charge is -2.13. The molecule has 28 heavy (non-hydrogen) atoms. The van der Waals surface area contributed by atoms with Crippen LogP contribution in [0.25, 0.3) is 5.69 Å². The first-order valence-electron chi connectivity index (χ1n) is 8.51. The zero-order valence-corrected chi connectivity index (χ0v) is 15.7. The fourth-order valence-corrected chi connectivity index (χ4v) is 4.41. The Morgan fingerprint density at radius 2 is 1.89 bits per heavy atom. The molecule has 0 saturated carbocycles. The Hall–Kier alpha value is -3.33. The van der Waals surface area contributed by atoms with Gasteiger partial charge in [-0.2, -0.15) is 5.10 Å². The molecule has 9 heteroatoms. The van der Waals surface area contributed by atoms with Crippen LogP contribution in [0, 0.1) is 17.0 Å². The van der Waals surface area contributed by atoms with Crippen molar-refractivity contribution >= 4 is 28.2 Å². The number of nitrogens with one attached hydrogen (secondary N) is 1. The highest BCUT2D eigenvalue weighted by Gasteiger charge is 2.29. The summed E-state index contributed by atoms with van der Waals surface area (Å²) in [7, 11) is -1.04. The first kappa shape index (κ1) is 18.1. The van der Waals surface area contributed by atoms with Crippen LogP contribution in [0.3, 0.4) is 0 Å². The van der Waals surface area contributed by atoms with Crippen LogP contribution in [0.1, 0.15) is 27.2 Å². The zero-order chi connectivity index (χ0) is 19.8. The highest BCUT2D eigenvalue weighted by Crippen LogP contribution is 2.32. The van der Waals surface area contributed by atoms with Crippen molar-refractivity contribution in [3.63, 3.8) is 0 Å². The molecule has 0 saturated heterocycles. The number of non-ortho nitro benzene ring substituents is 1. The van der Waals surface area contributed by atoms with Crippen LogP contribution in [0.2, 0.25) is 0 Å². The molecular formula is C19H16N4O4S. The van der Waals surface area contributed by atoms with Crippen molar-refractivity contribution in [2.75, 3.05) is 5.32 Å². The Morgan fingerprint density at radius 1 is 1.18 bits per heavy atom. The highest BCUT2D eigenvalue weighted by atomic mass is 32.2. The van der Waals surface area contributed by atoms with E-state index in [0.29, 0.717) is 23.0 Å². The van der Waals surface area contributed by atoms with Gasteiger partial charge in [-0.1, -0.05) is 18.2 Å². The van der Waals surface area contributed by atoms with Gasteiger partial charge in [-0.3, -0.25) is 19.1 Å². The monoisotopic (exact) mass is 396 g/mol. The van der Waals surface area contributed by atoms with Gasteiger partial charge < -0.3 is 5.32 Å². The largest absolute Gasteiger partial charge is 0.306 e.